The monoisotopic (exact) mass is 384 g/mol. The molecule has 0 heterocycles. The van der Waals surface area contributed by atoms with Gasteiger partial charge in [0, 0.05) is 30.6 Å². The minimum Gasteiger partial charge on any atom is -0.325 e. The van der Waals surface area contributed by atoms with Crippen molar-refractivity contribution in [3.63, 3.8) is 0 Å². The summed E-state index contributed by atoms with van der Waals surface area (Å²) < 4.78 is 0. The van der Waals surface area contributed by atoms with E-state index in [0.717, 1.165) is 0 Å². The molecule has 4 nitrogen and oxygen atoms in total. The smallest absolute Gasteiger partial charge is 0.226 e. The van der Waals surface area contributed by atoms with Gasteiger partial charge in [0.25, 0.3) is 0 Å². The predicted molar refractivity (Wildman–Crippen MR) is 99.2 cm³/mol. The van der Waals surface area contributed by atoms with Gasteiger partial charge in [0.05, 0.1) is 15.7 Å². The van der Waals surface area contributed by atoms with Crippen LogP contribution in [0.3, 0.4) is 0 Å². The predicted octanol–water partition coefficient (Wildman–Crippen LogP) is 5.03. The van der Waals surface area contributed by atoms with Gasteiger partial charge in [0.2, 0.25) is 11.8 Å². The molecule has 2 aromatic carbocycles. The Morgan fingerprint density at radius 1 is 1.04 bits per heavy atom. The first-order valence-corrected chi connectivity index (χ1v) is 8.29. The van der Waals surface area contributed by atoms with E-state index in [0.29, 0.717) is 21.4 Å². The third-order valence-electron chi connectivity index (χ3n) is 3.31. The minimum absolute atomic E-state index is 0.116. The van der Waals surface area contributed by atoms with Gasteiger partial charge in [0.15, 0.2) is 0 Å². The van der Waals surface area contributed by atoms with Gasteiger partial charge in [-0.2, -0.15) is 0 Å². The van der Waals surface area contributed by atoms with Crippen LogP contribution in [0.2, 0.25) is 15.1 Å². The highest BCUT2D eigenvalue weighted by Crippen LogP contribution is 2.29. The molecule has 2 rings (SSSR count). The summed E-state index contributed by atoms with van der Waals surface area (Å²) in [6.45, 7) is 1.68. The minimum atomic E-state index is -0.264. The van der Waals surface area contributed by atoms with Gasteiger partial charge in [-0.15, -0.1) is 0 Å². The van der Waals surface area contributed by atoms with Gasteiger partial charge >= 0.3 is 0 Å². The second kappa shape index (κ2) is 8.38. The number of carbonyl (C=O) groups excluding carboxylic acids is 2. The van der Waals surface area contributed by atoms with Crippen LogP contribution in [0.25, 0.3) is 0 Å². The molecule has 0 aliphatic carbocycles. The number of carbonyl (C=O) groups is 2. The Bertz CT molecular complexity index is 748. The first-order valence-electron chi connectivity index (χ1n) is 7.16. The van der Waals surface area contributed by atoms with Crippen LogP contribution >= 0.6 is 34.8 Å². The van der Waals surface area contributed by atoms with Crippen LogP contribution < -0.4 is 10.2 Å². The molecule has 1 N–H and O–H groups in total. The molecule has 24 heavy (non-hydrogen) atoms. The van der Waals surface area contributed by atoms with Crippen LogP contribution in [0.15, 0.2) is 42.5 Å². The van der Waals surface area contributed by atoms with Crippen molar-refractivity contribution < 1.29 is 9.59 Å². The molecule has 7 heteroatoms. The summed E-state index contributed by atoms with van der Waals surface area (Å²) >= 11 is 17.8. The van der Waals surface area contributed by atoms with E-state index in [1.165, 1.54) is 11.8 Å². The van der Waals surface area contributed by atoms with Crippen LogP contribution in [0.4, 0.5) is 11.4 Å². The van der Waals surface area contributed by atoms with Gasteiger partial charge in [-0.05, 0) is 36.4 Å². The number of nitrogens with zero attached hydrogens (tertiary/aromatic N) is 1. The molecular weight excluding hydrogens is 371 g/mol. The first kappa shape index (κ1) is 18.6. The number of anilines is 2. The lowest BCUT2D eigenvalue weighted by atomic mass is 10.2. The maximum Gasteiger partial charge on any atom is 0.226 e. The number of amides is 2. The van der Waals surface area contributed by atoms with Crippen LogP contribution in [0.1, 0.15) is 13.3 Å². The van der Waals surface area contributed by atoms with E-state index in [1.54, 1.807) is 42.5 Å². The van der Waals surface area contributed by atoms with Gasteiger partial charge < -0.3 is 10.2 Å². The highest BCUT2D eigenvalue weighted by atomic mass is 35.5. The quantitative estimate of drug-likeness (QED) is 0.785. The summed E-state index contributed by atoms with van der Waals surface area (Å²) in [7, 11) is 0. The highest BCUT2D eigenvalue weighted by Gasteiger charge is 2.14. The third kappa shape index (κ3) is 4.87. The number of hydrogen-bond acceptors (Lipinski definition) is 2. The molecule has 0 atom stereocenters. The number of benzene rings is 2. The molecular formula is C17H15Cl3N2O2. The first-order chi connectivity index (χ1) is 11.4. The van der Waals surface area contributed by atoms with Crippen LogP contribution in [0.5, 0.6) is 0 Å². The Balaban J connectivity index is 2.01. The Labute approximate surface area is 155 Å². The van der Waals surface area contributed by atoms with Crippen molar-refractivity contribution in [2.45, 2.75) is 13.3 Å². The number of hydrogen-bond donors (Lipinski definition) is 1. The third-order valence-corrected chi connectivity index (χ3v) is 4.38. The molecule has 0 saturated carbocycles. The van der Waals surface area contributed by atoms with Crippen molar-refractivity contribution in [1.82, 2.24) is 0 Å². The summed E-state index contributed by atoms with van der Waals surface area (Å²) in [5.74, 6) is -0.426. The maximum absolute atomic E-state index is 12.1. The van der Waals surface area contributed by atoms with E-state index in [9.17, 15) is 9.59 Å². The fraction of sp³-hybridized carbons (Fsp3) is 0.176. The van der Waals surface area contributed by atoms with Gasteiger partial charge in [-0.3, -0.25) is 9.59 Å². The molecule has 0 saturated heterocycles. The van der Waals surface area contributed by atoms with E-state index >= 15 is 0 Å². The number of nitrogens with one attached hydrogen (secondary N) is 1. The molecule has 0 spiro atoms. The van der Waals surface area contributed by atoms with Crippen molar-refractivity contribution in [2.24, 2.45) is 0 Å². The summed E-state index contributed by atoms with van der Waals surface area (Å²) in [5, 5.41) is 3.92. The van der Waals surface area contributed by atoms with E-state index < -0.39 is 0 Å². The Morgan fingerprint density at radius 3 is 2.33 bits per heavy atom. The molecule has 2 aromatic rings. The summed E-state index contributed by atoms with van der Waals surface area (Å²) in [5.41, 5.74) is 1.12. The number of halogens is 3. The molecule has 0 aromatic heterocycles. The normalized spacial score (nSPS) is 10.3. The molecule has 0 aliphatic rings. The van der Waals surface area contributed by atoms with E-state index in [2.05, 4.69) is 5.32 Å². The molecule has 0 bridgehead atoms. The zero-order chi connectivity index (χ0) is 17.7. The Kier molecular flexibility index (Phi) is 6.49. The fourth-order valence-corrected chi connectivity index (χ4v) is 2.59. The molecule has 2 amide bonds. The second-order valence-corrected chi connectivity index (χ2v) is 6.27. The molecule has 0 fully saturated rings. The zero-order valence-electron chi connectivity index (χ0n) is 12.9. The highest BCUT2D eigenvalue weighted by molar-refractivity contribution is 6.44. The zero-order valence-corrected chi connectivity index (χ0v) is 15.1. The van der Waals surface area contributed by atoms with Crippen molar-refractivity contribution in [3.05, 3.63) is 57.5 Å². The van der Waals surface area contributed by atoms with E-state index in [1.807, 2.05) is 0 Å². The van der Waals surface area contributed by atoms with Crippen molar-refractivity contribution >= 4 is 58.0 Å². The Morgan fingerprint density at radius 2 is 1.71 bits per heavy atom. The van der Waals surface area contributed by atoms with Crippen LogP contribution in [0, 0.1) is 0 Å². The number of rotatable bonds is 5. The molecule has 0 radical (unpaired) electrons. The van der Waals surface area contributed by atoms with Crippen LogP contribution in [-0.4, -0.2) is 18.4 Å². The molecule has 126 valence electrons. The van der Waals surface area contributed by atoms with Crippen molar-refractivity contribution in [3.8, 4) is 0 Å². The second-order valence-electron chi connectivity index (χ2n) is 5.05. The SMILES string of the molecule is CC(=O)N(CCC(=O)Nc1cccc(Cl)c1Cl)c1ccc(Cl)cc1. The lowest BCUT2D eigenvalue weighted by Crippen LogP contribution is -2.31. The standard InChI is InChI=1S/C17H15Cl3N2O2/c1-11(23)22(13-7-5-12(18)6-8-13)10-9-16(24)21-15-4-2-3-14(19)17(15)20/h2-8H,9-10H2,1H3,(H,21,24). The fourth-order valence-electron chi connectivity index (χ4n) is 2.12. The van der Waals surface area contributed by atoms with E-state index in [-0.39, 0.29) is 29.8 Å². The largest absolute Gasteiger partial charge is 0.325 e. The Hall–Kier alpha value is -1.75. The molecule has 0 aliphatic heterocycles. The van der Waals surface area contributed by atoms with Gasteiger partial charge in [-0.1, -0.05) is 40.9 Å². The summed E-state index contributed by atoms with van der Waals surface area (Å²) in [4.78, 5) is 25.4. The van der Waals surface area contributed by atoms with Crippen molar-refractivity contribution in [1.29, 1.82) is 0 Å². The summed E-state index contributed by atoms with van der Waals surface area (Å²) in [6.07, 6.45) is 0.116. The summed E-state index contributed by atoms with van der Waals surface area (Å²) in [6, 6.07) is 11.8. The maximum atomic E-state index is 12.1. The lowest BCUT2D eigenvalue weighted by molar-refractivity contribution is -0.117. The van der Waals surface area contributed by atoms with Crippen molar-refractivity contribution in [2.75, 3.05) is 16.8 Å². The lowest BCUT2D eigenvalue weighted by Gasteiger charge is -2.21. The van der Waals surface area contributed by atoms with Crippen LogP contribution in [-0.2, 0) is 9.59 Å². The van der Waals surface area contributed by atoms with Gasteiger partial charge in [-0.25, -0.2) is 0 Å². The topological polar surface area (TPSA) is 49.4 Å². The average molecular weight is 386 g/mol. The molecule has 0 unspecified atom stereocenters. The van der Waals surface area contributed by atoms with E-state index in [4.69, 9.17) is 34.8 Å². The average Bonchev–Trinajstić information content (AvgIpc) is 2.53. The van der Waals surface area contributed by atoms with Gasteiger partial charge in [0.1, 0.15) is 0 Å².